The highest BCUT2D eigenvalue weighted by atomic mass is 32.1. The van der Waals surface area contributed by atoms with Crippen molar-refractivity contribution in [3.8, 4) is 73.2 Å². The molecule has 0 saturated heterocycles. The Morgan fingerprint density at radius 1 is 0.306 bits per heavy atom. The molecular formula is C57H36N4S. The first-order valence-corrected chi connectivity index (χ1v) is 21.7. The molecule has 0 amide bonds. The molecule has 12 rings (SSSR count). The van der Waals surface area contributed by atoms with Gasteiger partial charge in [0.25, 0.3) is 0 Å². The predicted molar refractivity (Wildman–Crippen MR) is 260 cm³/mol. The van der Waals surface area contributed by atoms with Crippen molar-refractivity contribution in [3.05, 3.63) is 218 Å². The second-order valence-electron chi connectivity index (χ2n) is 15.6. The first kappa shape index (κ1) is 35.9. The molecule has 0 unspecified atom stereocenters. The molecule has 0 aliphatic rings. The third kappa shape index (κ3) is 6.26. The zero-order valence-electron chi connectivity index (χ0n) is 33.5. The van der Waals surface area contributed by atoms with Gasteiger partial charge in [-0.3, -0.25) is 0 Å². The van der Waals surface area contributed by atoms with Gasteiger partial charge in [0, 0.05) is 53.3 Å². The molecule has 0 radical (unpaired) electrons. The van der Waals surface area contributed by atoms with Crippen molar-refractivity contribution >= 4 is 53.3 Å². The van der Waals surface area contributed by atoms with Crippen LogP contribution in [0.3, 0.4) is 0 Å². The Labute approximate surface area is 362 Å². The van der Waals surface area contributed by atoms with Crippen LogP contribution in [0.4, 0.5) is 0 Å². The number of aromatic nitrogens is 4. The number of rotatable bonds is 7. The van der Waals surface area contributed by atoms with E-state index in [1.165, 1.54) is 30.9 Å². The molecule has 4 nitrogen and oxygen atoms in total. The first-order chi connectivity index (χ1) is 30.7. The first-order valence-electron chi connectivity index (χ1n) is 20.8. The smallest absolute Gasteiger partial charge is 0.164 e. The highest BCUT2D eigenvalue weighted by Crippen LogP contribution is 2.44. The summed E-state index contributed by atoms with van der Waals surface area (Å²) in [5.74, 6) is 1.86. The molecule has 3 aromatic heterocycles. The van der Waals surface area contributed by atoms with E-state index in [0.717, 1.165) is 66.8 Å². The molecule has 62 heavy (non-hydrogen) atoms. The van der Waals surface area contributed by atoms with Crippen molar-refractivity contribution in [2.75, 3.05) is 0 Å². The van der Waals surface area contributed by atoms with E-state index in [1.54, 1.807) is 0 Å². The summed E-state index contributed by atoms with van der Waals surface area (Å²) in [5.41, 5.74) is 12.9. The van der Waals surface area contributed by atoms with Crippen LogP contribution in [0.25, 0.3) is 115 Å². The van der Waals surface area contributed by atoms with Crippen LogP contribution in [-0.4, -0.2) is 19.5 Å². The topological polar surface area (TPSA) is 43.6 Å². The number of hydrogen-bond acceptors (Lipinski definition) is 4. The molecule has 290 valence electrons. The molecular weight excluding hydrogens is 773 g/mol. The summed E-state index contributed by atoms with van der Waals surface area (Å²) < 4.78 is 5.02. The van der Waals surface area contributed by atoms with Crippen LogP contribution in [0.15, 0.2) is 218 Å². The lowest BCUT2D eigenvalue weighted by atomic mass is 9.92. The second-order valence-corrected chi connectivity index (χ2v) is 16.7. The van der Waals surface area contributed by atoms with Crippen molar-refractivity contribution < 1.29 is 0 Å². The van der Waals surface area contributed by atoms with Gasteiger partial charge in [0.15, 0.2) is 17.5 Å². The average Bonchev–Trinajstić information content (AvgIpc) is 3.91. The third-order valence-corrected chi connectivity index (χ3v) is 13.0. The van der Waals surface area contributed by atoms with E-state index >= 15 is 0 Å². The van der Waals surface area contributed by atoms with Crippen molar-refractivity contribution in [1.82, 2.24) is 19.5 Å². The maximum atomic E-state index is 5.25. The Bertz CT molecular complexity index is 3350. The van der Waals surface area contributed by atoms with Gasteiger partial charge >= 0.3 is 0 Å². The van der Waals surface area contributed by atoms with Gasteiger partial charge in [-0.25, -0.2) is 15.0 Å². The molecule has 0 aliphatic carbocycles. The highest BCUT2D eigenvalue weighted by Gasteiger charge is 2.20. The quantitative estimate of drug-likeness (QED) is 0.161. The van der Waals surface area contributed by atoms with Crippen molar-refractivity contribution in [3.63, 3.8) is 0 Å². The van der Waals surface area contributed by atoms with Crippen molar-refractivity contribution in [2.24, 2.45) is 0 Å². The fraction of sp³-hybridized carbons (Fsp3) is 0. The molecule has 0 fully saturated rings. The van der Waals surface area contributed by atoms with Crippen LogP contribution in [0.1, 0.15) is 0 Å². The maximum Gasteiger partial charge on any atom is 0.164 e. The summed E-state index contributed by atoms with van der Waals surface area (Å²) in [7, 11) is 0. The Balaban J connectivity index is 1.16. The zero-order chi connectivity index (χ0) is 41.0. The van der Waals surface area contributed by atoms with Crippen LogP contribution in [0.5, 0.6) is 0 Å². The van der Waals surface area contributed by atoms with Crippen molar-refractivity contribution in [1.29, 1.82) is 0 Å². The standard InChI is InChI=1S/C57H36N4S/c1-5-17-37(18-6-1)41-31-42(38-19-7-2-8-20-38)33-43(32-41)44-34-45(57-59-55(39-21-9-3-10-22-39)58-56(60-57)40-23-11-4-12-24-40)36-46(35-44)61-50-27-15-13-26-49(50)53-51(61)30-29-48-47-25-14-16-28-52(47)62-54(48)53/h1-36H. The number of benzene rings is 9. The van der Waals surface area contributed by atoms with Gasteiger partial charge < -0.3 is 4.57 Å². The number of thiophene rings is 1. The van der Waals surface area contributed by atoms with Crippen LogP contribution >= 0.6 is 11.3 Å². The van der Waals surface area contributed by atoms with Gasteiger partial charge in [0.2, 0.25) is 0 Å². The number of para-hydroxylation sites is 1. The van der Waals surface area contributed by atoms with Gasteiger partial charge in [-0.2, -0.15) is 0 Å². The summed E-state index contributed by atoms with van der Waals surface area (Å²) >= 11 is 1.87. The third-order valence-electron chi connectivity index (χ3n) is 11.8. The molecule has 3 heterocycles. The van der Waals surface area contributed by atoms with Crippen LogP contribution in [0, 0.1) is 0 Å². The minimum atomic E-state index is 0.607. The molecule has 0 atom stereocenters. The minimum absolute atomic E-state index is 0.607. The molecule has 0 aliphatic heterocycles. The molecule has 5 heteroatoms. The fourth-order valence-electron chi connectivity index (χ4n) is 8.88. The van der Waals surface area contributed by atoms with E-state index in [2.05, 4.69) is 187 Å². The lowest BCUT2D eigenvalue weighted by Crippen LogP contribution is -2.02. The largest absolute Gasteiger partial charge is 0.309 e. The van der Waals surface area contributed by atoms with Crippen LogP contribution in [-0.2, 0) is 0 Å². The van der Waals surface area contributed by atoms with E-state index in [1.807, 2.05) is 47.7 Å². The summed E-state index contributed by atoms with van der Waals surface area (Å²) in [4.78, 5) is 15.5. The van der Waals surface area contributed by atoms with Gasteiger partial charge in [-0.1, -0.05) is 164 Å². The summed E-state index contributed by atoms with van der Waals surface area (Å²) in [6.07, 6.45) is 0. The molecule has 0 N–H and O–H groups in total. The Hall–Kier alpha value is -7.99. The van der Waals surface area contributed by atoms with Crippen molar-refractivity contribution in [2.45, 2.75) is 0 Å². The van der Waals surface area contributed by atoms with E-state index in [4.69, 9.17) is 15.0 Å². The summed E-state index contributed by atoms with van der Waals surface area (Å²) in [5, 5.41) is 5.07. The lowest BCUT2D eigenvalue weighted by molar-refractivity contribution is 1.07. The molecule has 9 aromatic carbocycles. The van der Waals surface area contributed by atoms with Crippen LogP contribution < -0.4 is 0 Å². The normalized spacial score (nSPS) is 11.5. The predicted octanol–water partition coefficient (Wildman–Crippen LogP) is 15.3. The molecule has 0 spiro atoms. The van der Waals surface area contributed by atoms with Gasteiger partial charge in [0.1, 0.15) is 0 Å². The Morgan fingerprint density at radius 2 is 0.742 bits per heavy atom. The number of nitrogens with zero attached hydrogens (tertiary/aromatic N) is 4. The molecule has 0 saturated carbocycles. The Morgan fingerprint density at radius 3 is 1.34 bits per heavy atom. The number of hydrogen-bond donors (Lipinski definition) is 0. The Kier molecular flexibility index (Phi) is 8.65. The highest BCUT2D eigenvalue weighted by molar-refractivity contribution is 7.26. The minimum Gasteiger partial charge on any atom is -0.309 e. The summed E-state index contributed by atoms with van der Waals surface area (Å²) in [6.45, 7) is 0. The van der Waals surface area contributed by atoms with E-state index in [0.29, 0.717) is 17.5 Å². The lowest BCUT2D eigenvalue weighted by Gasteiger charge is -2.16. The zero-order valence-corrected chi connectivity index (χ0v) is 34.3. The van der Waals surface area contributed by atoms with Gasteiger partial charge in [-0.15, -0.1) is 11.3 Å². The maximum absolute atomic E-state index is 5.25. The number of fused-ring (bicyclic) bond motifs is 7. The average molecular weight is 809 g/mol. The monoisotopic (exact) mass is 808 g/mol. The van der Waals surface area contributed by atoms with E-state index in [-0.39, 0.29) is 0 Å². The fourth-order valence-corrected chi connectivity index (χ4v) is 10.1. The molecule has 12 aromatic rings. The van der Waals surface area contributed by atoms with E-state index in [9.17, 15) is 0 Å². The second kappa shape index (κ2) is 14.9. The molecule has 0 bridgehead atoms. The van der Waals surface area contributed by atoms with Crippen LogP contribution in [0.2, 0.25) is 0 Å². The summed E-state index contributed by atoms with van der Waals surface area (Å²) in [6, 6.07) is 77.6. The van der Waals surface area contributed by atoms with Gasteiger partial charge in [0.05, 0.1) is 11.0 Å². The van der Waals surface area contributed by atoms with Gasteiger partial charge in [-0.05, 0) is 88.0 Å². The SMILES string of the molecule is c1ccc(-c2cc(-c3ccccc3)cc(-c3cc(-c4nc(-c5ccccc5)nc(-c5ccccc5)n4)cc(-n4c5ccccc5c5c6sc7ccccc7c6ccc54)c3)c2)cc1. The van der Waals surface area contributed by atoms with E-state index < -0.39 is 0 Å².